The summed E-state index contributed by atoms with van der Waals surface area (Å²) in [5.74, 6) is -0.498. The van der Waals surface area contributed by atoms with E-state index in [2.05, 4.69) is 4.74 Å². The zero-order chi connectivity index (χ0) is 11.7. The molecule has 7 heteroatoms. The summed E-state index contributed by atoms with van der Waals surface area (Å²) in [6, 6.07) is 5.14. The molecule has 0 heterocycles. The lowest BCUT2D eigenvalue weighted by Gasteiger charge is -2.22. The molecule has 2 N–H and O–H groups in total. The van der Waals surface area contributed by atoms with Gasteiger partial charge in [-0.25, -0.2) is 0 Å². The number of nitrogens with two attached hydrogens (primary N) is 1. The van der Waals surface area contributed by atoms with Crippen LogP contribution in [0.15, 0.2) is 24.3 Å². The second kappa shape index (κ2) is 3.88. The van der Waals surface area contributed by atoms with Crippen LogP contribution in [0.25, 0.3) is 0 Å². The number of alkyl halides is 5. The van der Waals surface area contributed by atoms with Crippen molar-refractivity contribution in [3.63, 3.8) is 0 Å². The zero-order valence-corrected chi connectivity index (χ0v) is 8.77. The number of ether oxygens (including phenoxy) is 1. The van der Waals surface area contributed by atoms with Gasteiger partial charge < -0.3 is 10.5 Å². The lowest BCUT2D eigenvalue weighted by atomic mass is 10.3. The third-order valence-electron chi connectivity index (χ3n) is 1.49. The van der Waals surface area contributed by atoms with Crippen LogP contribution in [-0.2, 0) is 0 Å². The number of nitrogen functional groups attached to an aromatic ring is 1. The summed E-state index contributed by atoms with van der Waals surface area (Å²) in [7, 11) is 0. The number of benzene rings is 1. The molecule has 0 atom stereocenters. The Balaban J connectivity index is 2.92. The third-order valence-corrected chi connectivity index (χ3v) is 1.95. The summed E-state index contributed by atoms with van der Waals surface area (Å²) in [6.45, 7) is 0. The molecular weight excluding hydrogens is 282 g/mol. The Morgan fingerprint density at radius 1 is 1.13 bits per heavy atom. The largest absolute Gasteiger partial charge is 0.475 e. The van der Waals surface area contributed by atoms with E-state index in [1.54, 1.807) is 0 Å². The van der Waals surface area contributed by atoms with Crippen LogP contribution in [0.3, 0.4) is 0 Å². The maximum Gasteiger partial charge on any atom is 0.475 e. The Labute approximate surface area is 91.1 Å². The minimum absolute atomic E-state index is 0.145. The minimum atomic E-state index is -4.66. The van der Waals surface area contributed by atoms with E-state index in [1.807, 2.05) is 0 Å². The van der Waals surface area contributed by atoms with E-state index in [0.29, 0.717) is 0 Å². The molecule has 2 nitrogen and oxygen atoms in total. The second-order valence-corrected chi connectivity index (χ2v) is 3.65. The first kappa shape index (κ1) is 12.1. The third kappa shape index (κ3) is 2.74. The molecule has 84 valence electrons. The smallest absolute Gasteiger partial charge is 0.425 e. The Bertz CT molecular complexity index is 353. The van der Waals surface area contributed by atoms with Crippen molar-refractivity contribution in [1.82, 2.24) is 0 Å². The van der Waals surface area contributed by atoms with Crippen LogP contribution >= 0.6 is 15.9 Å². The lowest BCUT2D eigenvalue weighted by Crippen LogP contribution is -2.40. The number of anilines is 1. The van der Waals surface area contributed by atoms with Gasteiger partial charge in [-0.15, -0.1) is 0 Å². The molecule has 0 unspecified atom stereocenters. The molecule has 0 radical (unpaired) electrons. The number of rotatable bonds is 3. The summed E-state index contributed by atoms with van der Waals surface area (Å²) in [4.78, 5) is -4.46. The van der Waals surface area contributed by atoms with E-state index < -0.39 is 16.7 Å². The van der Waals surface area contributed by atoms with Crippen molar-refractivity contribution >= 4 is 21.6 Å². The highest BCUT2D eigenvalue weighted by Gasteiger charge is 2.57. The molecule has 0 aliphatic carbocycles. The van der Waals surface area contributed by atoms with Crippen LogP contribution in [0.2, 0.25) is 0 Å². The Kier molecular flexibility index (Phi) is 3.13. The van der Waals surface area contributed by atoms with Gasteiger partial charge in [-0.05, 0) is 12.1 Å². The van der Waals surface area contributed by atoms with Crippen LogP contribution in [0.5, 0.6) is 5.75 Å². The van der Waals surface area contributed by atoms with Gasteiger partial charge in [0.15, 0.2) is 0 Å². The van der Waals surface area contributed by atoms with Gasteiger partial charge in [0.2, 0.25) is 0 Å². The Morgan fingerprint density at radius 2 is 1.67 bits per heavy atom. The van der Waals surface area contributed by atoms with Gasteiger partial charge in [0.05, 0.1) is 5.69 Å². The standard InChI is InChI=1S/C8H6BrF4NO/c9-7(10,11)8(12,13)15-6-4-2-1-3-5(6)14/h1-4H,14H2. The predicted octanol–water partition coefficient (Wildman–Crippen LogP) is 3.23. The molecule has 0 aliphatic heterocycles. The molecule has 0 bridgehead atoms. The van der Waals surface area contributed by atoms with Gasteiger partial charge >= 0.3 is 10.9 Å². The average molecular weight is 288 g/mol. The molecule has 1 aromatic rings. The molecule has 0 amide bonds. The molecule has 0 aromatic heterocycles. The summed E-state index contributed by atoms with van der Waals surface area (Å²) >= 11 is 1.53. The maximum atomic E-state index is 12.7. The second-order valence-electron chi connectivity index (χ2n) is 2.65. The van der Waals surface area contributed by atoms with E-state index in [4.69, 9.17) is 5.73 Å². The fraction of sp³-hybridized carbons (Fsp3) is 0.250. The number of hydrogen-bond acceptors (Lipinski definition) is 2. The van der Waals surface area contributed by atoms with E-state index in [-0.39, 0.29) is 5.69 Å². The molecule has 15 heavy (non-hydrogen) atoms. The van der Waals surface area contributed by atoms with Gasteiger partial charge in [-0.3, -0.25) is 0 Å². The highest BCUT2D eigenvalue weighted by atomic mass is 79.9. The van der Waals surface area contributed by atoms with Gasteiger partial charge in [0, 0.05) is 15.9 Å². The van der Waals surface area contributed by atoms with Gasteiger partial charge in [-0.1, -0.05) is 12.1 Å². The van der Waals surface area contributed by atoms with Crippen molar-refractivity contribution in [1.29, 1.82) is 0 Å². The van der Waals surface area contributed by atoms with E-state index >= 15 is 0 Å². The summed E-state index contributed by atoms with van der Waals surface area (Å²) in [5.41, 5.74) is 5.11. The molecule has 0 spiro atoms. The van der Waals surface area contributed by atoms with Crippen molar-refractivity contribution < 1.29 is 22.3 Å². The predicted molar refractivity (Wildman–Crippen MR) is 50.3 cm³/mol. The molecule has 0 saturated carbocycles. The maximum absolute atomic E-state index is 12.7. The van der Waals surface area contributed by atoms with E-state index in [0.717, 1.165) is 6.07 Å². The van der Waals surface area contributed by atoms with Crippen molar-refractivity contribution in [2.45, 2.75) is 10.9 Å². The van der Waals surface area contributed by atoms with Crippen molar-refractivity contribution in [2.24, 2.45) is 0 Å². The molecule has 1 rings (SSSR count). The monoisotopic (exact) mass is 287 g/mol. The number of halogens is 5. The van der Waals surface area contributed by atoms with Crippen LogP contribution < -0.4 is 10.5 Å². The molecule has 0 saturated heterocycles. The highest BCUT2D eigenvalue weighted by molar-refractivity contribution is 9.10. The lowest BCUT2D eigenvalue weighted by molar-refractivity contribution is -0.266. The number of para-hydroxylation sites is 2. The molecular formula is C8H6BrF4NO. The van der Waals surface area contributed by atoms with Gasteiger partial charge in [0.1, 0.15) is 5.75 Å². The molecule has 1 aromatic carbocycles. The fourth-order valence-corrected chi connectivity index (χ4v) is 0.850. The molecule has 0 aliphatic rings. The SMILES string of the molecule is Nc1ccccc1OC(F)(F)C(F)(F)Br. The van der Waals surface area contributed by atoms with E-state index in [1.165, 1.54) is 34.1 Å². The fourth-order valence-electron chi connectivity index (χ4n) is 0.769. The normalized spacial score (nSPS) is 12.6. The zero-order valence-electron chi connectivity index (χ0n) is 7.18. The highest BCUT2D eigenvalue weighted by Crippen LogP contribution is 2.41. The first-order valence-corrected chi connectivity index (χ1v) is 4.51. The van der Waals surface area contributed by atoms with Crippen molar-refractivity contribution in [2.75, 3.05) is 5.73 Å². The first-order chi connectivity index (χ1) is 6.74. The van der Waals surface area contributed by atoms with Crippen LogP contribution in [0.1, 0.15) is 0 Å². The van der Waals surface area contributed by atoms with Gasteiger partial charge in [0.25, 0.3) is 0 Å². The number of hydrogen-bond donors (Lipinski definition) is 1. The van der Waals surface area contributed by atoms with Crippen LogP contribution in [0.4, 0.5) is 23.2 Å². The quantitative estimate of drug-likeness (QED) is 0.526. The van der Waals surface area contributed by atoms with Gasteiger partial charge in [-0.2, -0.15) is 17.6 Å². The van der Waals surface area contributed by atoms with Crippen LogP contribution in [-0.4, -0.2) is 10.9 Å². The van der Waals surface area contributed by atoms with E-state index in [9.17, 15) is 17.6 Å². The summed E-state index contributed by atoms with van der Waals surface area (Å²) in [5, 5.41) is 0. The van der Waals surface area contributed by atoms with Crippen molar-refractivity contribution in [3.8, 4) is 5.75 Å². The minimum Gasteiger partial charge on any atom is -0.425 e. The summed E-state index contributed by atoms with van der Waals surface area (Å²) in [6.07, 6.45) is -4.66. The molecule has 0 fully saturated rings. The first-order valence-electron chi connectivity index (χ1n) is 3.72. The van der Waals surface area contributed by atoms with Crippen LogP contribution in [0, 0.1) is 0 Å². The Hall–Kier alpha value is -0.980. The topological polar surface area (TPSA) is 35.2 Å². The summed E-state index contributed by atoms with van der Waals surface area (Å²) < 4.78 is 53.9. The van der Waals surface area contributed by atoms with Crippen molar-refractivity contribution in [3.05, 3.63) is 24.3 Å². The average Bonchev–Trinajstić information content (AvgIpc) is 2.06. The Morgan fingerprint density at radius 3 is 2.13 bits per heavy atom.